The van der Waals surface area contributed by atoms with Crippen LogP contribution in [0, 0.1) is 5.92 Å². The van der Waals surface area contributed by atoms with Gasteiger partial charge in [-0.05, 0) is 85.5 Å². The largest absolute Gasteiger partial charge is 0.0856 e. The quantitative estimate of drug-likeness (QED) is 0.337. The summed E-state index contributed by atoms with van der Waals surface area (Å²) in [5, 5.41) is 0. The summed E-state index contributed by atoms with van der Waals surface area (Å²) in [6.45, 7) is 15.7. The van der Waals surface area contributed by atoms with Crippen molar-refractivity contribution in [2.24, 2.45) is 5.92 Å². The maximum Gasteiger partial charge on any atom is -0.0288 e. The summed E-state index contributed by atoms with van der Waals surface area (Å²) in [7, 11) is 0. The van der Waals surface area contributed by atoms with E-state index < -0.39 is 0 Å². The first-order chi connectivity index (χ1) is 10.8. The highest BCUT2D eigenvalue weighted by Gasteiger charge is 1.94. The molecular weight excluding hydrogens is 276 g/mol. The summed E-state index contributed by atoms with van der Waals surface area (Å²) in [5.74, 6) is 0.772. The predicted molar refractivity (Wildman–Crippen MR) is 108 cm³/mol. The fourth-order valence-corrected chi connectivity index (χ4v) is 2.42. The Labute approximate surface area is 146 Å². The smallest absolute Gasteiger partial charge is 0.0288 e. The number of allylic oxidation sites excluding steroid dienone is 8. The maximum absolute atomic E-state index is 2.43. The van der Waals surface area contributed by atoms with Crippen molar-refractivity contribution in [2.75, 3.05) is 0 Å². The topological polar surface area (TPSA) is 0 Å². The molecule has 0 heteroatoms. The Morgan fingerprint density at radius 3 is 1.39 bits per heavy atom. The summed E-state index contributed by atoms with van der Waals surface area (Å²) in [4.78, 5) is 0. The minimum absolute atomic E-state index is 0.772. The Hall–Kier alpha value is -1.04. The number of hydrogen-bond donors (Lipinski definition) is 0. The van der Waals surface area contributed by atoms with Gasteiger partial charge in [0.2, 0.25) is 0 Å². The Kier molecular flexibility index (Phi) is 12.8. The van der Waals surface area contributed by atoms with Gasteiger partial charge >= 0.3 is 0 Å². The van der Waals surface area contributed by atoms with E-state index in [1.54, 1.807) is 0 Å². The van der Waals surface area contributed by atoms with E-state index in [-0.39, 0.29) is 0 Å². The number of rotatable bonds is 11. The van der Waals surface area contributed by atoms with Crippen molar-refractivity contribution < 1.29 is 0 Å². The molecule has 132 valence electrons. The third kappa shape index (κ3) is 15.6. The highest BCUT2D eigenvalue weighted by molar-refractivity contribution is 5.07. The fourth-order valence-electron chi connectivity index (χ4n) is 2.42. The lowest BCUT2D eigenvalue weighted by Crippen LogP contribution is -1.85. The first-order valence-corrected chi connectivity index (χ1v) is 9.41. The van der Waals surface area contributed by atoms with Crippen LogP contribution < -0.4 is 0 Å². The summed E-state index contributed by atoms with van der Waals surface area (Å²) in [5.41, 5.74) is 6.03. The van der Waals surface area contributed by atoms with Crippen LogP contribution >= 0.6 is 0 Å². The Morgan fingerprint density at radius 2 is 1.00 bits per heavy atom. The van der Waals surface area contributed by atoms with Gasteiger partial charge in [0, 0.05) is 0 Å². The molecule has 0 aliphatic heterocycles. The summed E-state index contributed by atoms with van der Waals surface area (Å²) in [6.07, 6.45) is 18.0. The molecule has 0 spiro atoms. The third-order valence-electron chi connectivity index (χ3n) is 4.09. The second-order valence-corrected chi connectivity index (χ2v) is 7.68. The normalized spacial score (nSPS) is 13.7. The van der Waals surface area contributed by atoms with Crippen LogP contribution in [-0.2, 0) is 0 Å². The van der Waals surface area contributed by atoms with Gasteiger partial charge in [-0.25, -0.2) is 0 Å². The van der Waals surface area contributed by atoms with Gasteiger partial charge in [-0.1, -0.05) is 60.4 Å². The van der Waals surface area contributed by atoms with Gasteiger partial charge in [0.25, 0.3) is 0 Å². The first kappa shape index (κ1) is 22.0. The Morgan fingerprint density at radius 1 is 0.609 bits per heavy atom. The van der Waals surface area contributed by atoms with Crippen molar-refractivity contribution in [3.63, 3.8) is 0 Å². The first-order valence-electron chi connectivity index (χ1n) is 9.41. The van der Waals surface area contributed by atoms with E-state index in [0.717, 1.165) is 5.92 Å². The molecule has 0 amide bonds. The van der Waals surface area contributed by atoms with E-state index in [4.69, 9.17) is 0 Å². The van der Waals surface area contributed by atoms with Crippen LogP contribution in [-0.4, -0.2) is 0 Å². The highest BCUT2D eigenvalue weighted by atomic mass is 14.0. The predicted octanol–water partition coefficient (Wildman–Crippen LogP) is 8.18. The molecule has 0 saturated heterocycles. The van der Waals surface area contributed by atoms with Gasteiger partial charge in [-0.15, -0.1) is 0 Å². The second-order valence-electron chi connectivity index (χ2n) is 7.68. The van der Waals surface area contributed by atoms with Gasteiger partial charge in [0.15, 0.2) is 0 Å². The van der Waals surface area contributed by atoms with Gasteiger partial charge in [0.1, 0.15) is 0 Å². The summed E-state index contributed by atoms with van der Waals surface area (Å²) >= 11 is 0. The van der Waals surface area contributed by atoms with Gasteiger partial charge < -0.3 is 0 Å². The molecule has 0 fully saturated rings. The van der Waals surface area contributed by atoms with Crippen molar-refractivity contribution in [1.29, 1.82) is 0 Å². The zero-order valence-electron chi connectivity index (χ0n) is 16.8. The van der Waals surface area contributed by atoms with Gasteiger partial charge in [0.05, 0.1) is 0 Å². The SMILES string of the molecule is CC(C)=CCC/C(C)=C/CC/C(C)=C\CC/C(C)=C/CC(C)C. The van der Waals surface area contributed by atoms with Crippen LogP contribution in [0.1, 0.15) is 93.4 Å². The monoisotopic (exact) mass is 316 g/mol. The van der Waals surface area contributed by atoms with Crippen molar-refractivity contribution in [1.82, 2.24) is 0 Å². The minimum atomic E-state index is 0.772. The van der Waals surface area contributed by atoms with Crippen molar-refractivity contribution in [3.05, 3.63) is 46.6 Å². The summed E-state index contributed by atoms with van der Waals surface area (Å²) in [6, 6.07) is 0. The number of hydrogen-bond acceptors (Lipinski definition) is 0. The molecule has 0 aromatic rings. The van der Waals surface area contributed by atoms with Crippen LogP contribution in [0.2, 0.25) is 0 Å². The van der Waals surface area contributed by atoms with E-state index >= 15 is 0 Å². The van der Waals surface area contributed by atoms with Crippen molar-refractivity contribution in [3.8, 4) is 0 Å². The minimum Gasteiger partial charge on any atom is -0.0856 e. The fraction of sp³-hybridized carbons (Fsp3) is 0.652. The molecule has 0 aliphatic rings. The van der Waals surface area contributed by atoms with Crippen LogP contribution in [0.3, 0.4) is 0 Å². The van der Waals surface area contributed by atoms with Crippen LogP contribution in [0.5, 0.6) is 0 Å². The summed E-state index contributed by atoms with van der Waals surface area (Å²) < 4.78 is 0. The average Bonchev–Trinajstić information content (AvgIpc) is 2.44. The second kappa shape index (κ2) is 13.4. The molecule has 0 aliphatic carbocycles. The molecule has 0 saturated carbocycles. The van der Waals surface area contributed by atoms with E-state index in [1.165, 1.54) is 67.2 Å². The van der Waals surface area contributed by atoms with E-state index in [1.807, 2.05) is 0 Å². The maximum atomic E-state index is 2.43. The lowest BCUT2D eigenvalue weighted by molar-refractivity contribution is 0.659. The standard InChI is InChI=1S/C23H40/c1-19(2)11-8-12-21(5)13-9-14-22(6)15-10-16-23(7)18-17-20(3)4/h11,13,15,18,20H,8-10,12,14,16-17H2,1-7H3/b21-13+,22-15-,23-18+. The third-order valence-corrected chi connectivity index (χ3v) is 4.09. The van der Waals surface area contributed by atoms with Crippen molar-refractivity contribution >= 4 is 0 Å². The molecular formula is C23H40. The molecule has 0 N–H and O–H groups in total. The lowest BCUT2D eigenvalue weighted by Gasteiger charge is -2.03. The molecule has 0 radical (unpaired) electrons. The Balaban J connectivity index is 3.98. The van der Waals surface area contributed by atoms with E-state index in [9.17, 15) is 0 Å². The van der Waals surface area contributed by atoms with E-state index in [2.05, 4.69) is 72.8 Å². The Bertz CT molecular complexity index is 423. The molecule has 0 aromatic heterocycles. The lowest BCUT2D eigenvalue weighted by atomic mass is 10.0. The molecule has 23 heavy (non-hydrogen) atoms. The molecule has 0 unspecified atom stereocenters. The molecule has 0 aromatic carbocycles. The van der Waals surface area contributed by atoms with Crippen LogP contribution in [0.15, 0.2) is 46.6 Å². The van der Waals surface area contributed by atoms with Gasteiger partial charge in [-0.2, -0.15) is 0 Å². The molecule has 0 heterocycles. The van der Waals surface area contributed by atoms with Crippen LogP contribution in [0.25, 0.3) is 0 Å². The van der Waals surface area contributed by atoms with Crippen LogP contribution in [0.4, 0.5) is 0 Å². The molecule has 0 bridgehead atoms. The average molecular weight is 317 g/mol. The zero-order valence-corrected chi connectivity index (χ0v) is 16.8. The molecule has 0 atom stereocenters. The molecule has 0 nitrogen and oxygen atoms in total. The zero-order chi connectivity index (χ0) is 17.7. The highest BCUT2D eigenvalue weighted by Crippen LogP contribution is 2.14. The van der Waals surface area contributed by atoms with Gasteiger partial charge in [-0.3, -0.25) is 0 Å². The van der Waals surface area contributed by atoms with E-state index in [0.29, 0.717) is 0 Å². The molecule has 0 rings (SSSR count). The van der Waals surface area contributed by atoms with Crippen molar-refractivity contribution in [2.45, 2.75) is 93.4 Å².